The highest BCUT2D eigenvalue weighted by atomic mass is 79.9. The van der Waals surface area contributed by atoms with Gasteiger partial charge in [-0.15, -0.1) is 0 Å². The minimum absolute atomic E-state index is 0.201. The van der Waals surface area contributed by atoms with E-state index in [4.69, 9.17) is 9.63 Å². The third-order valence-corrected chi connectivity index (χ3v) is 2.84. The summed E-state index contributed by atoms with van der Waals surface area (Å²) in [5.41, 5.74) is 0.927. The summed E-state index contributed by atoms with van der Waals surface area (Å²) >= 11 is 3.40. The molecule has 2 rings (SSSR count). The fourth-order valence-electron chi connectivity index (χ4n) is 1.49. The highest BCUT2D eigenvalue weighted by molar-refractivity contribution is 9.10. The smallest absolute Gasteiger partial charge is 0.226 e. The molecule has 0 unspecified atom stereocenters. The van der Waals surface area contributed by atoms with E-state index >= 15 is 0 Å². The Morgan fingerprint density at radius 1 is 1.29 bits per heavy atom. The molecule has 0 spiro atoms. The molecule has 17 heavy (non-hydrogen) atoms. The van der Waals surface area contributed by atoms with Gasteiger partial charge in [0.25, 0.3) is 0 Å². The Morgan fingerprint density at radius 3 is 2.94 bits per heavy atom. The Morgan fingerprint density at radius 2 is 2.18 bits per heavy atom. The van der Waals surface area contributed by atoms with Crippen LogP contribution < -0.4 is 0 Å². The molecule has 0 saturated carbocycles. The van der Waals surface area contributed by atoms with Gasteiger partial charge in [-0.1, -0.05) is 33.2 Å². The summed E-state index contributed by atoms with van der Waals surface area (Å²) in [4.78, 5) is 4.31. The van der Waals surface area contributed by atoms with Crippen molar-refractivity contribution in [2.45, 2.75) is 19.3 Å². The van der Waals surface area contributed by atoms with Crippen molar-refractivity contribution >= 4 is 15.9 Å². The Hall–Kier alpha value is -1.20. The normalized spacial score (nSPS) is 10.7. The highest BCUT2D eigenvalue weighted by Crippen LogP contribution is 2.20. The van der Waals surface area contributed by atoms with Crippen molar-refractivity contribution in [2.75, 3.05) is 6.61 Å². The first-order valence-corrected chi connectivity index (χ1v) is 6.28. The largest absolute Gasteiger partial charge is 0.396 e. The molecule has 5 heteroatoms. The van der Waals surface area contributed by atoms with Crippen LogP contribution in [-0.2, 0) is 6.42 Å². The molecule has 1 aromatic heterocycles. The zero-order chi connectivity index (χ0) is 12.1. The number of hydrogen-bond acceptors (Lipinski definition) is 4. The van der Waals surface area contributed by atoms with E-state index in [1.807, 2.05) is 24.3 Å². The monoisotopic (exact) mass is 296 g/mol. The first-order chi connectivity index (χ1) is 8.29. The Balaban J connectivity index is 2.07. The van der Waals surface area contributed by atoms with Crippen LogP contribution in [0.15, 0.2) is 33.3 Å². The number of benzene rings is 1. The zero-order valence-corrected chi connectivity index (χ0v) is 10.9. The van der Waals surface area contributed by atoms with Crippen molar-refractivity contribution in [1.82, 2.24) is 10.1 Å². The third kappa shape index (κ3) is 3.38. The molecule has 1 N–H and O–H groups in total. The molecular formula is C12H13BrN2O2. The second-order valence-corrected chi connectivity index (χ2v) is 4.62. The molecule has 0 saturated heterocycles. The molecule has 0 radical (unpaired) electrons. The average Bonchev–Trinajstić information content (AvgIpc) is 2.78. The molecule has 0 aliphatic heterocycles. The van der Waals surface area contributed by atoms with Gasteiger partial charge in [-0.3, -0.25) is 0 Å². The zero-order valence-electron chi connectivity index (χ0n) is 9.27. The number of nitrogens with zero attached hydrogens (tertiary/aromatic N) is 2. The molecule has 0 amide bonds. The summed E-state index contributed by atoms with van der Waals surface area (Å²) in [6.07, 6.45) is 2.33. The molecule has 1 aromatic carbocycles. The van der Waals surface area contributed by atoms with E-state index in [1.54, 1.807) is 0 Å². The predicted molar refractivity (Wildman–Crippen MR) is 67.5 cm³/mol. The standard InChI is InChI=1S/C12H13BrN2O2/c13-10-5-3-4-9(8-10)12-14-11(17-15-12)6-1-2-7-16/h3-5,8,16H,1-2,6-7H2. The van der Waals surface area contributed by atoms with Crippen LogP contribution >= 0.6 is 15.9 Å². The fourth-order valence-corrected chi connectivity index (χ4v) is 1.89. The van der Waals surface area contributed by atoms with E-state index in [0.29, 0.717) is 18.1 Å². The maximum atomic E-state index is 8.69. The number of aliphatic hydroxyl groups is 1. The first-order valence-electron chi connectivity index (χ1n) is 5.49. The molecule has 0 aliphatic carbocycles. The van der Waals surface area contributed by atoms with Crippen LogP contribution in [0.25, 0.3) is 11.4 Å². The van der Waals surface area contributed by atoms with E-state index in [0.717, 1.165) is 22.9 Å². The van der Waals surface area contributed by atoms with Crippen molar-refractivity contribution in [3.8, 4) is 11.4 Å². The molecule has 0 aliphatic rings. The van der Waals surface area contributed by atoms with Crippen LogP contribution in [0.1, 0.15) is 18.7 Å². The van der Waals surface area contributed by atoms with Crippen molar-refractivity contribution in [3.63, 3.8) is 0 Å². The summed E-state index contributed by atoms with van der Waals surface area (Å²) < 4.78 is 6.14. The van der Waals surface area contributed by atoms with Gasteiger partial charge >= 0.3 is 0 Å². The second kappa shape index (κ2) is 5.93. The number of aliphatic hydroxyl groups excluding tert-OH is 1. The lowest BCUT2D eigenvalue weighted by atomic mass is 10.2. The van der Waals surface area contributed by atoms with Crippen LogP contribution in [-0.4, -0.2) is 21.9 Å². The lowest BCUT2D eigenvalue weighted by Gasteiger charge is -1.94. The van der Waals surface area contributed by atoms with Gasteiger partial charge in [-0.05, 0) is 25.0 Å². The predicted octanol–water partition coefficient (Wildman–Crippen LogP) is 2.81. The van der Waals surface area contributed by atoms with E-state index in [2.05, 4.69) is 26.1 Å². The highest BCUT2D eigenvalue weighted by Gasteiger charge is 2.08. The third-order valence-electron chi connectivity index (χ3n) is 2.35. The molecule has 2 aromatic rings. The van der Waals surface area contributed by atoms with Crippen LogP contribution in [0, 0.1) is 0 Å². The van der Waals surface area contributed by atoms with E-state index < -0.39 is 0 Å². The van der Waals surface area contributed by atoms with Crippen molar-refractivity contribution < 1.29 is 9.63 Å². The van der Waals surface area contributed by atoms with Crippen LogP contribution in [0.4, 0.5) is 0 Å². The lowest BCUT2D eigenvalue weighted by Crippen LogP contribution is -1.89. The van der Waals surface area contributed by atoms with Crippen molar-refractivity contribution in [2.24, 2.45) is 0 Å². The van der Waals surface area contributed by atoms with Crippen LogP contribution in [0.5, 0.6) is 0 Å². The maximum Gasteiger partial charge on any atom is 0.226 e. The van der Waals surface area contributed by atoms with Gasteiger partial charge in [0, 0.05) is 23.1 Å². The first kappa shape index (κ1) is 12.3. The molecule has 1 heterocycles. The molecule has 4 nitrogen and oxygen atoms in total. The summed E-state index contributed by atoms with van der Waals surface area (Å²) in [5.74, 6) is 1.22. The van der Waals surface area contributed by atoms with Gasteiger partial charge in [0.15, 0.2) is 0 Å². The number of hydrogen-bond donors (Lipinski definition) is 1. The topological polar surface area (TPSA) is 59.2 Å². The van der Waals surface area contributed by atoms with Gasteiger partial charge in [0.2, 0.25) is 11.7 Å². The van der Waals surface area contributed by atoms with E-state index in [-0.39, 0.29) is 6.61 Å². The molecule has 90 valence electrons. The Bertz CT molecular complexity index is 485. The SMILES string of the molecule is OCCCCc1nc(-c2cccc(Br)c2)no1. The van der Waals surface area contributed by atoms with Gasteiger partial charge in [-0.2, -0.15) is 4.98 Å². The number of rotatable bonds is 5. The maximum absolute atomic E-state index is 8.69. The second-order valence-electron chi connectivity index (χ2n) is 3.70. The van der Waals surface area contributed by atoms with Gasteiger partial charge in [-0.25, -0.2) is 0 Å². The number of halogens is 1. The Kier molecular flexibility index (Phi) is 4.28. The average molecular weight is 297 g/mol. The summed E-state index contributed by atoms with van der Waals surface area (Å²) in [6, 6.07) is 7.77. The number of unbranched alkanes of at least 4 members (excludes halogenated alkanes) is 1. The molecule has 0 bridgehead atoms. The fraction of sp³-hybridized carbons (Fsp3) is 0.333. The minimum atomic E-state index is 0.201. The lowest BCUT2D eigenvalue weighted by molar-refractivity contribution is 0.281. The summed E-state index contributed by atoms with van der Waals surface area (Å²) in [6.45, 7) is 0.201. The quantitative estimate of drug-likeness (QED) is 0.862. The van der Waals surface area contributed by atoms with E-state index in [1.165, 1.54) is 0 Å². The van der Waals surface area contributed by atoms with Crippen LogP contribution in [0.3, 0.4) is 0 Å². The van der Waals surface area contributed by atoms with Gasteiger partial charge in [0.1, 0.15) is 0 Å². The van der Waals surface area contributed by atoms with Gasteiger partial charge in [0.05, 0.1) is 0 Å². The Labute approximate surface area is 108 Å². The van der Waals surface area contributed by atoms with Crippen LogP contribution in [0.2, 0.25) is 0 Å². The van der Waals surface area contributed by atoms with Crippen molar-refractivity contribution in [1.29, 1.82) is 0 Å². The molecular weight excluding hydrogens is 284 g/mol. The molecule has 0 atom stereocenters. The summed E-state index contributed by atoms with van der Waals surface area (Å²) in [7, 11) is 0. The minimum Gasteiger partial charge on any atom is -0.396 e. The van der Waals surface area contributed by atoms with Crippen molar-refractivity contribution in [3.05, 3.63) is 34.6 Å². The number of aryl methyl sites for hydroxylation is 1. The van der Waals surface area contributed by atoms with E-state index in [9.17, 15) is 0 Å². The van der Waals surface area contributed by atoms with Gasteiger partial charge < -0.3 is 9.63 Å². The number of aromatic nitrogens is 2. The molecule has 0 fully saturated rings. The summed E-state index contributed by atoms with van der Waals surface area (Å²) in [5, 5.41) is 12.6.